The van der Waals surface area contributed by atoms with Crippen molar-refractivity contribution in [2.75, 3.05) is 33.1 Å². The number of sulfone groups is 1. The van der Waals surface area contributed by atoms with Crippen molar-refractivity contribution in [2.24, 2.45) is 4.99 Å². The van der Waals surface area contributed by atoms with Crippen molar-refractivity contribution in [1.82, 2.24) is 4.98 Å². The van der Waals surface area contributed by atoms with E-state index >= 15 is 0 Å². The molecule has 0 aliphatic carbocycles. The van der Waals surface area contributed by atoms with Crippen LogP contribution in [0.3, 0.4) is 0 Å². The van der Waals surface area contributed by atoms with Gasteiger partial charge in [0.1, 0.15) is 28.4 Å². The molecule has 2 atom stereocenters. The quantitative estimate of drug-likeness (QED) is 0.429. The van der Waals surface area contributed by atoms with Gasteiger partial charge in [-0.25, -0.2) is 8.42 Å². The number of methoxy groups -OCH3 is 1. The summed E-state index contributed by atoms with van der Waals surface area (Å²) in [5.41, 5.74) is 1.71. The second kappa shape index (κ2) is 10.4. The number of aromatic nitrogens is 1. The average molecular weight is 505 g/mol. The largest absolute Gasteiger partial charge is 0.486 e. The minimum absolute atomic E-state index is 0.147. The number of aromatic amines is 1. The summed E-state index contributed by atoms with van der Waals surface area (Å²) in [6, 6.07) is 12.0. The number of benzene rings is 2. The lowest BCUT2D eigenvalue weighted by molar-refractivity contribution is 0.0928. The van der Waals surface area contributed by atoms with Crippen molar-refractivity contribution >= 4 is 37.5 Å². The van der Waals surface area contributed by atoms with Gasteiger partial charge in [-0.2, -0.15) is 0 Å². The Kier molecular flexibility index (Phi) is 7.51. The molecule has 182 valence electrons. The average Bonchev–Trinajstić information content (AvgIpc) is 3.41. The highest BCUT2D eigenvalue weighted by Crippen LogP contribution is 2.36. The van der Waals surface area contributed by atoms with Gasteiger partial charge in [-0.1, -0.05) is 11.8 Å². The first-order chi connectivity index (χ1) is 16.3. The first kappa shape index (κ1) is 24.6. The molecule has 2 unspecified atom stereocenters. The van der Waals surface area contributed by atoms with Gasteiger partial charge in [0.05, 0.1) is 29.3 Å². The van der Waals surface area contributed by atoms with E-state index in [-0.39, 0.29) is 22.9 Å². The number of fused-ring (bicyclic) bond motifs is 1. The Morgan fingerprint density at radius 3 is 2.65 bits per heavy atom. The molecule has 0 fully saturated rings. The fourth-order valence-electron chi connectivity index (χ4n) is 3.69. The van der Waals surface area contributed by atoms with E-state index in [4.69, 9.17) is 14.2 Å². The molecule has 1 aliphatic heterocycles. The molecule has 0 saturated carbocycles. The van der Waals surface area contributed by atoms with E-state index in [0.717, 1.165) is 21.6 Å². The number of nitrogens with zero attached hydrogens (tertiary/aromatic N) is 1. The maximum absolute atomic E-state index is 11.7. The monoisotopic (exact) mass is 504 g/mol. The Hall–Kier alpha value is -2.53. The van der Waals surface area contributed by atoms with Gasteiger partial charge in [-0.3, -0.25) is 4.99 Å². The van der Waals surface area contributed by atoms with Crippen LogP contribution in [0.4, 0.5) is 0 Å². The number of rotatable bonds is 10. The molecule has 0 spiro atoms. The lowest BCUT2D eigenvalue weighted by Gasteiger charge is -2.16. The summed E-state index contributed by atoms with van der Waals surface area (Å²) >= 11 is 1.66. The van der Waals surface area contributed by atoms with Crippen molar-refractivity contribution in [3.8, 4) is 17.2 Å². The fraction of sp³-hybridized carbons (Fsp3) is 0.375. The van der Waals surface area contributed by atoms with Gasteiger partial charge in [0.25, 0.3) is 0 Å². The summed E-state index contributed by atoms with van der Waals surface area (Å²) < 4.78 is 40.8. The molecule has 1 aromatic heterocycles. The van der Waals surface area contributed by atoms with Gasteiger partial charge in [-0.15, -0.1) is 0 Å². The molecule has 0 bridgehead atoms. The molecule has 2 heterocycles. The van der Waals surface area contributed by atoms with E-state index < -0.39 is 9.84 Å². The summed E-state index contributed by atoms with van der Waals surface area (Å²) in [4.78, 5) is 8.30. The fourth-order valence-corrected chi connectivity index (χ4v) is 5.39. The van der Waals surface area contributed by atoms with Crippen LogP contribution >= 0.6 is 11.8 Å². The molecule has 3 aromatic rings. The molecule has 34 heavy (non-hydrogen) atoms. The van der Waals surface area contributed by atoms with E-state index in [9.17, 15) is 13.5 Å². The smallest absolute Gasteiger partial charge is 0.175 e. The topological polar surface area (TPSA) is 110 Å². The van der Waals surface area contributed by atoms with Crippen molar-refractivity contribution in [2.45, 2.75) is 29.6 Å². The maximum Gasteiger partial charge on any atom is 0.175 e. The molecule has 1 aliphatic rings. The molecule has 0 amide bonds. The highest BCUT2D eigenvalue weighted by atomic mass is 32.2. The van der Waals surface area contributed by atoms with Crippen LogP contribution in [0, 0.1) is 0 Å². The number of hydrogen-bond acceptors (Lipinski definition) is 8. The van der Waals surface area contributed by atoms with Gasteiger partial charge in [0.15, 0.2) is 9.84 Å². The summed E-state index contributed by atoms with van der Waals surface area (Å²) in [6.07, 6.45) is 1.69. The van der Waals surface area contributed by atoms with E-state index in [1.807, 2.05) is 19.1 Å². The van der Waals surface area contributed by atoms with Crippen LogP contribution in [0.25, 0.3) is 10.9 Å². The van der Waals surface area contributed by atoms with E-state index in [2.05, 4.69) is 9.98 Å². The van der Waals surface area contributed by atoms with Gasteiger partial charge in [-0.05, 0) is 49.7 Å². The molecule has 0 radical (unpaired) electrons. The molecule has 8 nitrogen and oxygen atoms in total. The number of H-pyrrole nitrogens is 1. The molecular weight excluding hydrogens is 476 g/mol. The van der Waals surface area contributed by atoms with Crippen molar-refractivity contribution in [1.29, 1.82) is 0 Å². The molecule has 10 heteroatoms. The van der Waals surface area contributed by atoms with E-state index in [1.165, 1.54) is 18.4 Å². The van der Waals surface area contributed by atoms with Gasteiger partial charge in [0, 0.05) is 36.7 Å². The number of aliphatic imine (C=N–C) groups is 1. The van der Waals surface area contributed by atoms with Gasteiger partial charge < -0.3 is 24.3 Å². The molecular formula is C24H28N2O6S2. The lowest BCUT2D eigenvalue weighted by Crippen LogP contribution is -2.18. The molecule has 2 N–H and O–H groups in total. The molecule has 4 rings (SSSR count). The number of nitrogens with one attached hydrogen (secondary N) is 1. The molecule has 2 aromatic carbocycles. The van der Waals surface area contributed by atoms with Gasteiger partial charge >= 0.3 is 0 Å². The number of aliphatic hydroxyl groups excluding tert-OH is 1. The van der Waals surface area contributed by atoms with Crippen LogP contribution in [0.15, 0.2) is 52.4 Å². The minimum Gasteiger partial charge on any atom is -0.486 e. The summed E-state index contributed by atoms with van der Waals surface area (Å²) in [7, 11) is -1.65. The Bertz CT molecular complexity index is 1280. The summed E-state index contributed by atoms with van der Waals surface area (Å²) in [6.45, 7) is 3.18. The Morgan fingerprint density at radius 1 is 1.21 bits per heavy atom. The predicted octanol–water partition coefficient (Wildman–Crippen LogP) is 4.02. The van der Waals surface area contributed by atoms with Crippen molar-refractivity contribution < 1.29 is 27.7 Å². The summed E-state index contributed by atoms with van der Waals surface area (Å²) in [5.74, 6) is 1.69. The van der Waals surface area contributed by atoms with Crippen molar-refractivity contribution in [3.05, 3.63) is 48.2 Å². The second-order valence-corrected chi connectivity index (χ2v) is 11.5. The molecule has 0 saturated heterocycles. The number of hydrogen-bond donors (Lipinski definition) is 2. The van der Waals surface area contributed by atoms with E-state index in [0.29, 0.717) is 36.8 Å². The maximum atomic E-state index is 11.7. The Balaban J connectivity index is 1.65. The van der Waals surface area contributed by atoms with Crippen LogP contribution in [0.1, 0.15) is 19.0 Å². The van der Waals surface area contributed by atoms with Crippen LogP contribution in [0.2, 0.25) is 0 Å². The van der Waals surface area contributed by atoms with Crippen LogP contribution in [-0.2, 0) is 14.6 Å². The van der Waals surface area contributed by atoms with E-state index in [1.54, 1.807) is 37.1 Å². The Labute approximate surface area is 203 Å². The summed E-state index contributed by atoms with van der Waals surface area (Å²) in [5, 5.41) is 11.3. The number of thioether (sulfide) groups is 1. The lowest BCUT2D eigenvalue weighted by atomic mass is 10.2. The standard InChI is InChI=1S/C24H28N2O6S2/c1-15(14-30-2)31-22-12-18(32-17-4-6-20(7-5-17)34(3,28)29)10-16-11-21(26-23(16)22)24-25-13-19(33-24)8-9-27/h4-7,10-12,15,19,26-27H,8-9,13-14H2,1-3H3. The third-order valence-corrected chi connectivity index (χ3v) is 7.70. The third-order valence-electron chi connectivity index (χ3n) is 5.28. The first-order valence-corrected chi connectivity index (χ1v) is 13.7. The highest BCUT2D eigenvalue weighted by molar-refractivity contribution is 8.15. The normalized spacial score (nSPS) is 17.1. The third kappa shape index (κ3) is 5.75. The van der Waals surface area contributed by atoms with Crippen LogP contribution in [0.5, 0.6) is 17.2 Å². The minimum atomic E-state index is -3.28. The highest BCUT2D eigenvalue weighted by Gasteiger charge is 2.23. The first-order valence-electron chi connectivity index (χ1n) is 10.9. The van der Waals surface area contributed by atoms with Gasteiger partial charge in [0.2, 0.25) is 0 Å². The SMILES string of the molecule is COCC(C)Oc1cc(Oc2ccc(S(C)(=O)=O)cc2)cc2cc(C3=NCC(CCO)S3)[nH]c12. The van der Waals surface area contributed by atoms with Crippen LogP contribution in [-0.4, -0.2) is 68.0 Å². The zero-order chi connectivity index (χ0) is 24.3. The Morgan fingerprint density at radius 2 is 1.97 bits per heavy atom. The zero-order valence-corrected chi connectivity index (χ0v) is 20.9. The number of ether oxygens (including phenoxy) is 3. The predicted molar refractivity (Wildman–Crippen MR) is 134 cm³/mol. The van der Waals surface area contributed by atoms with Crippen LogP contribution < -0.4 is 9.47 Å². The zero-order valence-electron chi connectivity index (χ0n) is 19.3. The number of aliphatic hydroxyl groups is 1. The second-order valence-electron chi connectivity index (χ2n) is 8.20. The van der Waals surface area contributed by atoms with Crippen molar-refractivity contribution in [3.63, 3.8) is 0 Å².